The van der Waals surface area contributed by atoms with Crippen LogP contribution in [0.4, 0.5) is 0 Å². The summed E-state index contributed by atoms with van der Waals surface area (Å²) in [4.78, 5) is 11.6. The SMILES string of the molecule is CCOC(=O)CC(C)(C)COc1ccc([B]OC(C)(C)C(C)(C)N)cc1. The Labute approximate surface area is 158 Å². The van der Waals surface area contributed by atoms with Gasteiger partial charge in [-0.25, -0.2) is 0 Å². The zero-order valence-electron chi connectivity index (χ0n) is 17.2. The van der Waals surface area contributed by atoms with Crippen LogP contribution in [-0.2, 0) is 14.2 Å². The number of nitrogens with two attached hydrogens (primary N) is 1. The predicted molar refractivity (Wildman–Crippen MR) is 106 cm³/mol. The van der Waals surface area contributed by atoms with Gasteiger partial charge < -0.3 is 19.9 Å². The summed E-state index contributed by atoms with van der Waals surface area (Å²) >= 11 is 0. The van der Waals surface area contributed by atoms with Gasteiger partial charge in [0.15, 0.2) is 0 Å². The van der Waals surface area contributed by atoms with Gasteiger partial charge in [0.05, 0.1) is 25.2 Å². The van der Waals surface area contributed by atoms with Crippen LogP contribution in [0.2, 0.25) is 0 Å². The monoisotopic (exact) mass is 362 g/mol. The highest BCUT2D eigenvalue weighted by molar-refractivity contribution is 6.47. The molecule has 145 valence electrons. The summed E-state index contributed by atoms with van der Waals surface area (Å²) in [5.41, 5.74) is 5.83. The van der Waals surface area contributed by atoms with Gasteiger partial charge >= 0.3 is 13.5 Å². The van der Waals surface area contributed by atoms with Gasteiger partial charge in [-0.05, 0) is 46.8 Å². The second kappa shape index (κ2) is 8.91. The molecule has 0 saturated heterocycles. The molecule has 0 saturated carbocycles. The molecule has 0 aliphatic rings. The Morgan fingerprint density at radius 3 is 2.15 bits per heavy atom. The van der Waals surface area contributed by atoms with Crippen molar-refractivity contribution in [2.24, 2.45) is 11.1 Å². The number of carbonyl (C=O) groups excluding carboxylic acids is 1. The van der Waals surface area contributed by atoms with Crippen molar-refractivity contribution < 1.29 is 18.9 Å². The summed E-state index contributed by atoms with van der Waals surface area (Å²) in [6.07, 6.45) is 0.324. The lowest BCUT2D eigenvalue weighted by Crippen LogP contribution is -2.55. The van der Waals surface area contributed by atoms with Gasteiger partial charge in [-0.2, -0.15) is 0 Å². The molecule has 1 radical (unpaired) electrons. The highest BCUT2D eigenvalue weighted by Gasteiger charge is 2.34. The molecule has 0 spiro atoms. The zero-order chi connectivity index (χ0) is 20.0. The van der Waals surface area contributed by atoms with Crippen molar-refractivity contribution >= 4 is 18.9 Å². The van der Waals surface area contributed by atoms with E-state index in [1.54, 1.807) is 14.4 Å². The second-order valence-corrected chi connectivity index (χ2v) is 8.47. The van der Waals surface area contributed by atoms with Gasteiger partial charge in [0.1, 0.15) is 5.75 Å². The molecule has 0 fully saturated rings. The number of rotatable bonds is 10. The molecule has 1 aromatic carbocycles. The van der Waals surface area contributed by atoms with Crippen molar-refractivity contribution in [2.45, 2.75) is 66.0 Å². The molecule has 0 unspecified atom stereocenters. The van der Waals surface area contributed by atoms with Crippen LogP contribution in [0.3, 0.4) is 0 Å². The van der Waals surface area contributed by atoms with Crippen LogP contribution in [0.15, 0.2) is 24.3 Å². The highest BCUT2D eigenvalue weighted by Crippen LogP contribution is 2.24. The molecule has 6 heteroatoms. The van der Waals surface area contributed by atoms with E-state index in [1.807, 2.05) is 65.8 Å². The van der Waals surface area contributed by atoms with Gasteiger partial charge in [-0.1, -0.05) is 31.4 Å². The normalized spacial score (nSPS) is 12.6. The maximum absolute atomic E-state index is 11.6. The fourth-order valence-electron chi connectivity index (χ4n) is 1.94. The number of hydrogen-bond donors (Lipinski definition) is 1. The quantitative estimate of drug-likeness (QED) is 0.512. The van der Waals surface area contributed by atoms with Crippen molar-refractivity contribution in [1.82, 2.24) is 0 Å². The van der Waals surface area contributed by atoms with Crippen molar-refractivity contribution in [3.05, 3.63) is 24.3 Å². The lowest BCUT2D eigenvalue weighted by Gasteiger charge is -2.38. The largest absolute Gasteiger partial charge is 0.493 e. The summed E-state index contributed by atoms with van der Waals surface area (Å²) in [6.45, 7) is 14.4. The average Bonchev–Trinajstić information content (AvgIpc) is 2.50. The Balaban J connectivity index is 2.54. The van der Waals surface area contributed by atoms with Gasteiger partial charge in [0.25, 0.3) is 0 Å². The molecule has 0 amide bonds. The van der Waals surface area contributed by atoms with E-state index in [0.29, 0.717) is 19.6 Å². The van der Waals surface area contributed by atoms with Gasteiger partial charge in [-0.3, -0.25) is 4.79 Å². The lowest BCUT2D eigenvalue weighted by molar-refractivity contribution is -0.145. The number of benzene rings is 1. The molecule has 0 atom stereocenters. The first-order valence-electron chi connectivity index (χ1n) is 9.05. The standard InChI is InChI=1S/C20H33BNO4/c1-8-24-17(23)13-18(2,3)14-25-16-11-9-15(10-12-16)21-26-20(6,7)19(4,5)22/h9-12H,8,13-14,22H2,1-7H3. The fraction of sp³-hybridized carbons (Fsp3) is 0.650. The average molecular weight is 362 g/mol. The van der Waals surface area contributed by atoms with Gasteiger partial charge in [0, 0.05) is 11.0 Å². The third kappa shape index (κ3) is 7.38. The van der Waals surface area contributed by atoms with Crippen LogP contribution in [0.25, 0.3) is 0 Å². The van der Waals surface area contributed by atoms with E-state index in [9.17, 15) is 4.79 Å². The van der Waals surface area contributed by atoms with E-state index in [2.05, 4.69) is 0 Å². The minimum Gasteiger partial charge on any atom is -0.493 e. The van der Waals surface area contributed by atoms with Crippen molar-refractivity contribution in [3.8, 4) is 5.75 Å². The molecule has 0 heterocycles. The minimum atomic E-state index is -0.487. The van der Waals surface area contributed by atoms with E-state index >= 15 is 0 Å². The number of carbonyl (C=O) groups is 1. The molecule has 5 nitrogen and oxygen atoms in total. The number of esters is 1. The van der Waals surface area contributed by atoms with Crippen LogP contribution < -0.4 is 15.9 Å². The van der Waals surface area contributed by atoms with E-state index in [4.69, 9.17) is 19.9 Å². The first kappa shape index (κ1) is 22.5. The first-order chi connectivity index (χ1) is 11.9. The first-order valence-corrected chi connectivity index (χ1v) is 9.05. The van der Waals surface area contributed by atoms with Crippen molar-refractivity contribution in [2.75, 3.05) is 13.2 Å². The maximum atomic E-state index is 11.6. The fourth-order valence-corrected chi connectivity index (χ4v) is 1.94. The molecule has 1 rings (SSSR count). The Morgan fingerprint density at radius 1 is 1.08 bits per heavy atom. The highest BCUT2D eigenvalue weighted by atomic mass is 16.5. The second-order valence-electron chi connectivity index (χ2n) is 8.47. The minimum absolute atomic E-state index is 0.200. The van der Waals surface area contributed by atoms with Crippen molar-refractivity contribution in [1.29, 1.82) is 0 Å². The smallest absolute Gasteiger partial charge is 0.330 e. The van der Waals surface area contributed by atoms with Crippen LogP contribution in [0.5, 0.6) is 5.75 Å². The van der Waals surface area contributed by atoms with Crippen LogP contribution >= 0.6 is 0 Å². The predicted octanol–water partition coefficient (Wildman–Crippen LogP) is 2.82. The molecule has 0 aliphatic heterocycles. The summed E-state index contributed by atoms with van der Waals surface area (Å²) in [5.74, 6) is 0.547. The summed E-state index contributed by atoms with van der Waals surface area (Å²) in [6, 6.07) is 7.62. The van der Waals surface area contributed by atoms with Crippen LogP contribution in [-0.4, -0.2) is 37.8 Å². The van der Waals surface area contributed by atoms with E-state index < -0.39 is 11.1 Å². The summed E-state index contributed by atoms with van der Waals surface area (Å²) < 4.78 is 16.7. The van der Waals surface area contributed by atoms with E-state index in [0.717, 1.165) is 11.2 Å². The van der Waals surface area contributed by atoms with Crippen LogP contribution in [0.1, 0.15) is 54.9 Å². The summed E-state index contributed by atoms with van der Waals surface area (Å²) in [7, 11) is 1.71. The molecule has 0 aliphatic carbocycles. The molecule has 0 bridgehead atoms. The van der Waals surface area contributed by atoms with Crippen molar-refractivity contribution in [3.63, 3.8) is 0 Å². The third-order valence-corrected chi connectivity index (χ3v) is 4.48. The van der Waals surface area contributed by atoms with Crippen LogP contribution in [0, 0.1) is 5.41 Å². The number of ether oxygens (including phenoxy) is 2. The van der Waals surface area contributed by atoms with E-state index in [1.165, 1.54) is 0 Å². The lowest BCUT2D eigenvalue weighted by atomic mass is 9.81. The molecule has 0 aromatic heterocycles. The Kier molecular flexibility index (Phi) is 7.72. The molecular weight excluding hydrogens is 329 g/mol. The molecule has 2 N–H and O–H groups in total. The van der Waals surface area contributed by atoms with Gasteiger partial charge in [-0.15, -0.1) is 0 Å². The summed E-state index contributed by atoms with van der Waals surface area (Å²) in [5, 5.41) is 0. The zero-order valence-corrected chi connectivity index (χ0v) is 17.2. The molecule has 26 heavy (non-hydrogen) atoms. The van der Waals surface area contributed by atoms with E-state index in [-0.39, 0.29) is 11.4 Å². The Morgan fingerprint density at radius 2 is 1.65 bits per heavy atom. The molecular formula is C20H33BNO4. The Bertz CT molecular complexity index is 576. The topological polar surface area (TPSA) is 70.8 Å². The van der Waals surface area contributed by atoms with Gasteiger partial charge in [0.2, 0.25) is 0 Å². The molecule has 1 aromatic rings. The number of hydrogen-bond acceptors (Lipinski definition) is 5. The maximum Gasteiger partial charge on any atom is 0.330 e. The third-order valence-electron chi connectivity index (χ3n) is 4.48. The Hall–Kier alpha value is -1.53.